The minimum atomic E-state index is -0.154. The fourth-order valence-electron chi connectivity index (χ4n) is 5.77. The number of phenolic OH excluding ortho intramolecular Hbond substituents is 1. The van der Waals surface area contributed by atoms with E-state index in [0.29, 0.717) is 23.6 Å². The third-order valence-electron chi connectivity index (χ3n) is 7.61. The molecule has 0 aromatic heterocycles. The van der Waals surface area contributed by atoms with Crippen molar-refractivity contribution in [3.63, 3.8) is 0 Å². The molecule has 1 atom stereocenters. The normalized spacial score (nSPS) is 21.2. The van der Waals surface area contributed by atoms with E-state index in [1.54, 1.807) is 19.2 Å². The predicted molar refractivity (Wildman–Crippen MR) is 151 cm³/mol. The molecule has 0 radical (unpaired) electrons. The number of halogens is 1. The van der Waals surface area contributed by atoms with Gasteiger partial charge in [0.1, 0.15) is 11.6 Å². The number of aliphatic hydroxyl groups is 1. The zero-order valence-corrected chi connectivity index (χ0v) is 23.1. The highest BCUT2D eigenvalue weighted by atomic mass is 19.1. The number of ether oxygens (including phenoxy) is 1. The first-order valence-electron chi connectivity index (χ1n) is 13.6. The first-order valence-corrected chi connectivity index (χ1v) is 13.6. The van der Waals surface area contributed by atoms with E-state index in [1.165, 1.54) is 0 Å². The Bertz CT molecular complexity index is 1040. The van der Waals surface area contributed by atoms with Gasteiger partial charge >= 0.3 is 0 Å². The number of phenols is 1. The average molecular weight is 514 g/mol. The molecule has 0 bridgehead atoms. The van der Waals surface area contributed by atoms with Crippen LogP contribution in [0.1, 0.15) is 51.2 Å². The van der Waals surface area contributed by atoms with Gasteiger partial charge in [-0.15, -0.1) is 0 Å². The number of aromatic hydroxyl groups is 1. The van der Waals surface area contributed by atoms with Crippen molar-refractivity contribution in [2.24, 2.45) is 0 Å². The minimum Gasteiger partial charge on any atom is -0.508 e. The van der Waals surface area contributed by atoms with Gasteiger partial charge in [-0.2, -0.15) is 0 Å². The highest BCUT2D eigenvalue weighted by molar-refractivity contribution is 5.83. The molecule has 5 rings (SSSR count). The molecule has 6 nitrogen and oxygen atoms in total. The van der Waals surface area contributed by atoms with Crippen molar-refractivity contribution in [1.29, 1.82) is 0 Å². The summed E-state index contributed by atoms with van der Waals surface area (Å²) in [5.74, 6) is 0.137. The molecular formula is C30H44FN3O3. The van der Waals surface area contributed by atoms with Gasteiger partial charge in [-0.25, -0.2) is 4.39 Å². The summed E-state index contributed by atoms with van der Waals surface area (Å²) in [4.78, 5) is 6.94. The third kappa shape index (κ3) is 6.46. The van der Waals surface area contributed by atoms with E-state index in [2.05, 4.69) is 20.8 Å². The quantitative estimate of drug-likeness (QED) is 0.580. The molecular weight excluding hydrogens is 469 g/mol. The molecule has 2 saturated heterocycles. The Hall–Kier alpha value is -2.61. The van der Waals surface area contributed by atoms with E-state index < -0.39 is 0 Å². The molecule has 3 heterocycles. The highest BCUT2D eigenvalue weighted by Crippen LogP contribution is 2.37. The summed E-state index contributed by atoms with van der Waals surface area (Å²) in [7, 11) is 2.80. The Morgan fingerprint density at radius 2 is 1.70 bits per heavy atom. The fraction of sp³-hybridized carbons (Fsp3) is 0.533. The van der Waals surface area contributed by atoms with Crippen molar-refractivity contribution < 1.29 is 19.3 Å². The first-order chi connectivity index (χ1) is 18.1. The second-order valence-corrected chi connectivity index (χ2v) is 9.41. The summed E-state index contributed by atoms with van der Waals surface area (Å²) >= 11 is 0. The summed E-state index contributed by atoms with van der Waals surface area (Å²) in [6, 6.07) is 11.7. The molecule has 1 unspecified atom stereocenters. The Labute approximate surface area is 222 Å². The van der Waals surface area contributed by atoms with E-state index in [0.717, 1.165) is 88.0 Å². The van der Waals surface area contributed by atoms with Crippen LogP contribution in [0, 0.1) is 5.82 Å². The second kappa shape index (κ2) is 13.8. The van der Waals surface area contributed by atoms with Gasteiger partial charge in [-0.3, -0.25) is 4.90 Å². The van der Waals surface area contributed by atoms with Gasteiger partial charge in [0.05, 0.1) is 11.8 Å². The largest absolute Gasteiger partial charge is 0.508 e. The van der Waals surface area contributed by atoms with Gasteiger partial charge < -0.3 is 24.7 Å². The lowest BCUT2D eigenvalue weighted by Crippen LogP contribution is -2.44. The Balaban J connectivity index is 0.000000907. The summed E-state index contributed by atoms with van der Waals surface area (Å²) in [6.07, 6.45) is 6.52. The predicted octanol–water partition coefficient (Wildman–Crippen LogP) is 5.28. The smallest absolute Gasteiger partial charge is 0.148 e. The molecule has 3 aliphatic heterocycles. The molecule has 7 heteroatoms. The molecule has 204 valence electrons. The maximum atomic E-state index is 15.4. The van der Waals surface area contributed by atoms with Crippen LogP contribution in [0.25, 0.3) is 5.70 Å². The maximum Gasteiger partial charge on any atom is 0.148 e. The zero-order chi connectivity index (χ0) is 26.9. The molecule has 3 aliphatic rings. The summed E-state index contributed by atoms with van der Waals surface area (Å²) < 4.78 is 20.9. The van der Waals surface area contributed by atoms with Crippen molar-refractivity contribution in [2.45, 2.75) is 58.6 Å². The van der Waals surface area contributed by atoms with Crippen LogP contribution in [-0.2, 0) is 11.2 Å². The molecule has 0 saturated carbocycles. The monoisotopic (exact) mass is 513 g/mol. The van der Waals surface area contributed by atoms with Gasteiger partial charge in [0, 0.05) is 69.9 Å². The van der Waals surface area contributed by atoms with E-state index in [4.69, 9.17) is 9.84 Å². The molecule has 0 amide bonds. The molecule has 37 heavy (non-hydrogen) atoms. The summed E-state index contributed by atoms with van der Waals surface area (Å²) in [5, 5.41) is 16.8. The van der Waals surface area contributed by atoms with Gasteiger partial charge in [-0.05, 0) is 74.6 Å². The van der Waals surface area contributed by atoms with Crippen LogP contribution in [0.2, 0.25) is 0 Å². The van der Waals surface area contributed by atoms with Gasteiger partial charge in [0.15, 0.2) is 0 Å². The lowest BCUT2D eigenvalue weighted by atomic mass is 9.95. The fourth-order valence-corrected chi connectivity index (χ4v) is 5.77. The number of benzene rings is 2. The number of methoxy groups -OCH3 is 1. The Morgan fingerprint density at radius 1 is 0.973 bits per heavy atom. The number of likely N-dealkylation sites (tertiary alicyclic amines) is 1. The Morgan fingerprint density at radius 3 is 2.35 bits per heavy atom. The van der Waals surface area contributed by atoms with Crippen LogP contribution >= 0.6 is 0 Å². The van der Waals surface area contributed by atoms with Crippen molar-refractivity contribution in [3.8, 4) is 5.75 Å². The number of anilines is 2. The number of allylic oxidation sites excluding steroid dienone is 1. The third-order valence-corrected chi connectivity index (χ3v) is 7.61. The van der Waals surface area contributed by atoms with Gasteiger partial charge in [-0.1, -0.05) is 19.9 Å². The zero-order valence-electron chi connectivity index (χ0n) is 23.1. The van der Waals surface area contributed by atoms with Crippen molar-refractivity contribution in [2.75, 3.05) is 56.7 Å². The van der Waals surface area contributed by atoms with Crippen LogP contribution < -0.4 is 9.80 Å². The highest BCUT2D eigenvalue weighted by Gasteiger charge is 2.32. The molecule has 2 aromatic rings. The number of hydrogen-bond acceptors (Lipinski definition) is 6. The summed E-state index contributed by atoms with van der Waals surface area (Å²) in [5.41, 5.74) is 4.88. The van der Waals surface area contributed by atoms with Crippen LogP contribution in [-0.4, -0.2) is 74.2 Å². The van der Waals surface area contributed by atoms with Crippen LogP contribution in [0.15, 0.2) is 42.5 Å². The lowest BCUT2D eigenvalue weighted by molar-refractivity contribution is 0.0301. The molecule has 2 N–H and O–H groups in total. The minimum absolute atomic E-state index is 0.154. The van der Waals surface area contributed by atoms with Crippen molar-refractivity contribution in [1.82, 2.24) is 4.90 Å². The number of aliphatic hydroxyl groups excluding tert-OH is 1. The first kappa shape index (κ1) is 29.0. The van der Waals surface area contributed by atoms with Gasteiger partial charge in [0.25, 0.3) is 0 Å². The van der Waals surface area contributed by atoms with Gasteiger partial charge in [0.2, 0.25) is 0 Å². The standard InChI is InChI=1S/C27H34FN3O2.C2H6.CH4O/c1-3-26-24-6-5-22(32)16-19(24)8-15-31(26)20-4-7-27(25(28)17-20)30-12-9-21(18-30)29-13-10-23(33-2)11-14-29;2*1-2/h3-7,16-17,21,23,32H,8-15,18H2,1-2H3;1-2H3;2H,1H3/b26-3-;;. The van der Waals surface area contributed by atoms with E-state index >= 15 is 4.39 Å². The SMILES string of the molecule is C/C=C1/c2ccc(O)cc2CCN1c1ccc(N2CCC(N3CCC(OC)CC3)C2)c(F)c1.CC.CO. The maximum absolute atomic E-state index is 15.4. The average Bonchev–Trinajstić information content (AvgIpc) is 3.44. The summed E-state index contributed by atoms with van der Waals surface area (Å²) in [6.45, 7) is 10.7. The molecule has 2 aromatic carbocycles. The number of piperidine rings is 1. The van der Waals surface area contributed by atoms with Crippen LogP contribution in [0.5, 0.6) is 5.75 Å². The molecule has 0 spiro atoms. The topological polar surface area (TPSA) is 59.4 Å². The molecule has 2 fully saturated rings. The van der Waals surface area contributed by atoms with Crippen molar-refractivity contribution in [3.05, 3.63) is 59.4 Å². The van der Waals surface area contributed by atoms with E-state index in [-0.39, 0.29) is 5.82 Å². The number of hydrogen-bond donors (Lipinski definition) is 2. The van der Waals surface area contributed by atoms with E-state index in [9.17, 15) is 5.11 Å². The number of rotatable bonds is 4. The van der Waals surface area contributed by atoms with Crippen LogP contribution in [0.3, 0.4) is 0 Å². The van der Waals surface area contributed by atoms with Crippen molar-refractivity contribution >= 4 is 17.1 Å². The molecule has 0 aliphatic carbocycles. The Kier molecular flexibility index (Phi) is 10.8. The number of fused-ring (bicyclic) bond motifs is 1. The lowest BCUT2D eigenvalue weighted by Gasteiger charge is -2.35. The number of nitrogens with zero attached hydrogens (tertiary/aromatic N) is 3. The van der Waals surface area contributed by atoms with Crippen LogP contribution in [0.4, 0.5) is 15.8 Å². The second-order valence-electron chi connectivity index (χ2n) is 9.41. The van der Waals surface area contributed by atoms with E-state index in [1.807, 2.05) is 45.0 Å².